The number of nitrogens with zero attached hydrogens (tertiary/aromatic N) is 2. The lowest BCUT2D eigenvalue weighted by Gasteiger charge is -2.34. The van der Waals surface area contributed by atoms with Crippen molar-refractivity contribution >= 4 is 5.91 Å². The van der Waals surface area contributed by atoms with Crippen LogP contribution in [0.4, 0.5) is 0 Å². The predicted molar refractivity (Wildman–Crippen MR) is 87.5 cm³/mol. The predicted octanol–water partition coefficient (Wildman–Crippen LogP) is 3.75. The van der Waals surface area contributed by atoms with Gasteiger partial charge in [-0.2, -0.15) is 0 Å². The zero-order chi connectivity index (χ0) is 16.2. The highest BCUT2D eigenvalue weighted by atomic mass is 16.5. The fourth-order valence-electron chi connectivity index (χ4n) is 3.19. The molecule has 1 atom stereocenters. The van der Waals surface area contributed by atoms with Gasteiger partial charge < -0.3 is 14.2 Å². The first-order valence-electron chi connectivity index (χ1n) is 8.15. The van der Waals surface area contributed by atoms with E-state index in [0.29, 0.717) is 23.2 Å². The molecule has 2 aromatic rings. The number of piperidine rings is 1. The maximum absolute atomic E-state index is 12.7. The third-order valence-electron chi connectivity index (χ3n) is 4.46. The summed E-state index contributed by atoms with van der Waals surface area (Å²) in [5.41, 5.74) is 1.17. The van der Waals surface area contributed by atoms with Gasteiger partial charge in [0, 0.05) is 18.7 Å². The highest BCUT2D eigenvalue weighted by molar-refractivity contribution is 5.93. The quantitative estimate of drug-likeness (QED) is 0.862. The number of rotatable bonds is 4. The smallest absolute Gasteiger partial charge is 0.276 e. The molecule has 0 spiro atoms. The zero-order valence-electron chi connectivity index (χ0n) is 13.6. The Balaban J connectivity index is 1.85. The van der Waals surface area contributed by atoms with E-state index in [1.807, 2.05) is 29.2 Å². The van der Waals surface area contributed by atoms with Crippen LogP contribution in [-0.2, 0) is 0 Å². The molecule has 0 saturated carbocycles. The van der Waals surface area contributed by atoms with Crippen molar-refractivity contribution in [2.45, 2.75) is 38.6 Å². The lowest BCUT2D eigenvalue weighted by molar-refractivity contribution is 0.0597. The second-order valence-corrected chi connectivity index (χ2v) is 5.83. The third kappa shape index (κ3) is 3.09. The molecule has 0 bridgehead atoms. The molecule has 122 valence electrons. The number of hydrogen-bond donors (Lipinski definition) is 0. The molecule has 0 radical (unpaired) electrons. The first kappa shape index (κ1) is 15.6. The average Bonchev–Trinajstić information content (AvgIpc) is 3.11. The van der Waals surface area contributed by atoms with Crippen molar-refractivity contribution in [3.63, 3.8) is 0 Å². The van der Waals surface area contributed by atoms with E-state index in [4.69, 9.17) is 9.26 Å². The monoisotopic (exact) mass is 314 g/mol. The molecule has 2 heterocycles. The van der Waals surface area contributed by atoms with Crippen LogP contribution in [-0.4, -0.2) is 35.7 Å². The normalized spacial score (nSPS) is 18.0. The van der Waals surface area contributed by atoms with E-state index in [1.54, 1.807) is 13.2 Å². The van der Waals surface area contributed by atoms with E-state index in [2.05, 4.69) is 12.1 Å². The van der Waals surface area contributed by atoms with Crippen molar-refractivity contribution in [2.75, 3.05) is 13.7 Å². The Labute approximate surface area is 136 Å². The van der Waals surface area contributed by atoms with E-state index in [9.17, 15) is 4.79 Å². The average molecular weight is 314 g/mol. The molecular formula is C18H22N2O3. The number of para-hydroxylation sites is 1. The van der Waals surface area contributed by atoms with Gasteiger partial charge in [-0.15, -0.1) is 0 Å². The minimum Gasteiger partial charge on any atom is -0.496 e. The second kappa shape index (κ2) is 6.86. The highest BCUT2D eigenvalue weighted by Crippen LogP contribution is 2.30. The number of aromatic nitrogens is 1. The molecule has 1 aromatic heterocycles. The van der Waals surface area contributed by atoms with Crippen LogP contribution in [0, 0.1) is 0 Å². The van der Waals surface area contributed by atoms with Crippen LogP contribution in [0.1, 0.15) is 43.1 Å². The van der Waals surface area contributed by atoms with Crippen LogP contribution in [0.15, 0.2) is 34.9 Å². The van der Waals surface area contributed by atoms with Crippen molar-refractivity contribution in [2.24, 2.45) is 0 Å². The molecule has 1 aliphatic rings. The van der Waals surface area contributed by atoms with Gasteiger partial charge in [0.15, 0.2) is 11.5 Å². The summed E-state index contributed by atoms with van der Waals surface area (Å²) in [6, 6.07) is 9.56. The summed E-state index contributed by atoms with van der Waals surface area (Å²) in [5, 5.41) is 3.99. The molecule has 1 amide bonds. The van der Waals surface area contributed by atoms with E-state index in [-0.39, 0.29) is 5.91 Å². The Morgan fingerprint density at radius 2 is 2.22 bits per heavy atom. The lowest BCUT2D eigenvalue weighted by atomic mass is 9.99. The van der Waals surface area contributed by atoms with Crippen molar-refractivity contribution < 1.29 is 14.1 Å². The van der Waals surface area contributed by atoms with Crippen LogP contribution >= 0.6 is 0 Å². The Morgan fingerprint density at radius 1 is 1.39 bits per heavy atom. The van der Waals surface area contributed by atoms with Gasteiger partial charge >= 0.3 is 0 Å². The van der Waals surface area contributed by atoms with E-state index >= 15 is 0 Å². The summed E-state index contributed by atoms with van der Waals surface area (Å²) >= 11 is 0. The van der Waals surface area contributed by atoms with Crippen LogP contribution in [0.25, 0.3) is 11.3 Å². The van der Waals surface area contributed by atoms with Gasteiger partial charge in [-0.1, -0.05) is 24.2 Å². The number of amides is 1. The molecule has 1 unspecified atom stereocenters. The molecule has 5 nitrogen and oxygen atoms in total. The number of likely N-dealkylation sites (tertiary alicyclic amines) is 1. The van der Waals surface area contributed by atoms with Crippen molar-refractivity contribution in [1.29, 1.82) is 0 Å². The number of carbonyl (C=O) groups excluding carboxylic acids is 1. The fraction of sp³-hybridized carbons (Fsp3) is 0.444. The van der Waals surface area contributed by atoms with E-state index in [0.717, 1.165) is 31.4 Å². The molecule has 1 fully saturated rings. The number of hydrogen-bond acceptors (Lipinski definition) is 4. The Bertz CT molecular complexity index is 680. The van der Waals surface area contributed by atoms with Gasteiger partial charge in [0.2, 0.25) is 0 Å². The maximum atomic E-state index is 12.7. The van der Waals surface area contributed by atoms with E-state index in [1.165, 1.54) is 6.42 Å². The molecule has 1 aliphatic heterocycles. The number of carbonyl (C=O) groups is 1. The highest BCUT2D eigenvalue weighted by Gasteiger charge is 2.28. The van der Waals surface area contributed by atoms with Gasteiger partial charge in [0.25, 0.3) is 5.91 Å². The molecule has 1 aromatic carbocycles. The van der Waals surface area contributed by atoms with Crippen molar-refractivity contribution in [1.82, 2.24) is 10.1 Å². The second-order valence-electron chi connectivity index (χ2n) is 5.83. The van der Waals surface area contributed by atoms with Crippen molar-refractivity contribution in [3.8, 4) is 17.1 Å². The van der Waals surface area contributed by atoms with Crippen molar-refractivity contribution in [3.05, 3.63) is 36.0 Å². The van der Waals surface area contributed by atoms with Crippen LogP contribution in [0.5, 0.6) is 5.75 Å². The number of methoxy groups -OCH3 is 1. The standard InChI is InChI=1S/C18H22N2O3/c1-3-13-8-6-7-11-20(13)18(21)15-12-17(23-19-15)14-9-4-5-10-16(14)22-2/h4-5,9-10,12-13H,3,6-8,11H2,1-2H3. The minimum atomic E-state index is -0.0403. The van der Waals surface area contributed by atoms with Gasteiger partial charge in [0.05, 0.1) is 12.7 Å². The first-order chi connectivity index (χ1) is 11.2. The van der Waals surface area contributed by atoms with E-state index < -0.39 is 0 Å². The number of benzene rings is 1. The lowest BCUT2D eigenvalue weighted by Crippen LogP contribution is -2.43. The Hall–Kier alpha value is -2.30. The SMILES string of the molecule is CCC1CCCCN1C(=O)c1cc(-c2ccccc2OC)on1. The maximum Gasteiger partial charge on any atom is 0.276 e. The number of ether oxygens (including phenoxy) is 1. The van der Waals surface area contributed by atoms with Crippen LogP contribution in [0.3, 0.4) is 0 Å². The molecular weight excluding hydrogens is 292 g/mol. The summed E-state index contributed by atoms with van der Waals surface area (Å²) in [6.45, 7) is 2.92. The molecule has 3 rings (SSSR count). The summed E-state index contributed by atoms with van der Waals surface area (Å²) in [5.74, 6) is 1.21. The van der Waals surface area contributed by atoms with Gasteiger partial charge in [-0.05, 0) is 37.8 Å². The molecule has 0 N–H and O–H groups in total. The minimum absolute atomic E-state index is 0.0403. The zero-order valence-corrected chi connectivity index (χ0v) is 13.6. The largest absolute Gasteiger partial charge is 0.496 e. The Kier molecular flexibility index (Phi) is 4.65. The van der Waals surface area contributed by atoms with Crippen LogP contribution < -0.4 is 4.74 Å². The molecule has 1 saturated heterocycles. The molecule has 0 aliphatic carbocycles. The summed E-state index contributed by atoms with van der Waals surface area (Å²) in [4.78, 5) is 14.7. The third-order valence-corrected chi connectivity index (χ3v) is 4.46. The molecule has 5 heteroatoms. The van der Waals surface area contributed by atoms with Gasteiger partial charge in [-0.3, -0.25) is 4.79 Å². The Morgan fingerprint density at radius 3 is 3.00 bits per heavy atom. The first-order valence-corrected chi connectivity index (χ1v) is 8.15. The summed E-state index contributed by atoms with van der Waals surface area (Å²) in [6.07, 6.45) is 4.29. The van der Waals surface area contributed by atoms with Crippen LogP contribution in [0.2, 0.25) is 0 Å². The van der Waals surface area contributed by atoms with Gasteiger partial charge in [-0.25, -0.2) is 0 Å². The topological polar surface area (TPSA) is 55.6 Å². The molecule has 23 heavy (non-hydrogen) atoms. The summed E-state index contributed by atoms with van der Waals surface area (Å²) < 4.78 is 10.7. The van der Waals surface area contributed by atoms with Gasteiger partial charge in [0.1, 0.15) is 5.75 Å². The summed E-state index contributed by atoms with van der Waals surface area (Å²) in [7, 11) is 1.61. The fourth-order valence-corrected chi connectivity index (χ4v) is 3.19.